The maximum atomic E-state index is 13.3. The molecule has 0 aromatic carbocycles. The van der Waals surface area contributed by atoms with Crippen LogP contribution < -0.4 is 5.32 Å². The Morgan fingerprint density at radius 1 is 1.26 bits per heavy atom. The molecule has 7 heteroatoms. The van der Waals surface area contributed by atoms with Gasteiger partial charge in [0.1, 0.15) is 11.3 Å². The average Bonchev–Trinajstić information content (AvgIpc) is 3.32. The Balaban J connectivity index is 1.54. The van der Waals surface area contributed by atoms with Gasteiger partial charge >= 0.3 is 6.03 Å². The van der Waals surface area contributed by atoms with Gasteiger partial charge in [0.25, 0.3) is 5.91 Å². The highest BCUT2D eigenvalue weighted by atomic mass is 16.3. The van der Waals surface area contributed by atoms with E-state index in [-0.39, 0.29) is 23.7 Å². The van der Waals surface area contributed by atoms with Crippen molar-refractivity contribution in [2.24, 2.45) is 11.3 Å². The van der Waals surface area contributed by atoms with Gasteiger partial charge < -0.3 is 14.3 Å². The van der Waals surface area contributed by atoms with Crippen molar-refractivity contribution in [3.05, 3.63) is 47.2 Å². The van der Waals surface area contributed by atoms with Crippen molar-refractivity contribution in [2.45, 2.75) is 66.0 Å². The van der Waals surface area contributed by atoms with Gasteiger partial charge in [0.2, 0.25) is 0 Å². The lowest BCUT2D eigenvalue weighted by Gasteiger charge is -2.43. The molecule has 1 saturated carbocycles. The first-order chi connectivity index (χ1) is 14.5. The van der Waals surface area contributed by atoms with Gasteiger partial charge in [-0.1, -0.05) is 20.8 Å². The Labute approximate surface area is 182 Å². The van der Waals surface area contributed by atoms with E-state index >= 15 is 0 Å². The summed E-state index contributed by atoms with van der Waals surface area (Å²) in [5, 5.41) is 2.94. The van der Waals surface area contributed by atoms with Crippen LogP contribution in [0.4, 0.5) is 4.79 Å². The lowest BCUT2D eigenvalue weighted by molar-refractivity contribution is -0.134. The van der Waals surface area contributed by atoms with Gasteiger partial charge in [-0.05, 0) is 62.6 Å². The molecule has 1 N–H and O–H groups in total. The zero-order valence-electron chi connectivity index (χ0n) is 18.9. The molecule has 4 rings (SSSR count). The van der Waals surface area contributed by atoms with Crippen LogP contribution in [0.2, 0.25) is 0 Å². The Bertz CT molecular complexity index is 1030. The molecule has 166 valence electrons. The highest BCUT2D eigenvalue weighted by molar-refractivity contribution is 6.11. The molecule has 3 amide bonds. The zero-order chi connectivity index (χ0) is 22.6. The van der Waals surface area contributed by atoms with Crippen LogP contribution in [0.1, 0.15) is 67.5 Å². The van der Waals surface area contributed by atoms with Crippen molar-refractivity contribution in [3.8, 4) is 0 Å². The average molecular weight is 426 g/mol. The van der Waals surface area contributed by atoms with Gasteiger partial charge in [-0.3, -0.25) is 14.5 Å². The highest BCUT2D eigenvalue weighted by Crippen LogP contribution is 2.46. The van der Waals surface area contributed by atoms with E-state index in [1.54, 1.807) is 6.26 Å². The minimum absolute atomic E-state index is 0.0442. The number of hydrogen-bond donors (Lipinski definition) is 1. The third-order valence-corrected chi connectivity index (χ3v) is 6.69. The highest BCUT2D eigenvalue weighted by Gasteiger charge is 2.56. The minimum Gasteiger partial charge on any atom is -0.467 e. The second-order valence-corrected chi connectivity index (χ2v) is 10.1. The van der Waals surface area contributed by atoms with Crippen molar-refractivity contribution < 1.29 is 18.8 Å². The number of aryl methyl sites for hydroxylation is 1. The van der Waals surface area contributed by atoms with Crippen LogP contribution >= 0.6 is 0 Å². The third kappa shape index (κ3) is 3.82. The molecule has 0 unspecified atom stereocenters. The predicted octanol–water partition coefficient (Wildman–Crippen LogP) is 4.07. The van der Waals surface area contributed by atoms with Crippen LogP contribution in [-0.4, -0.2) is 39.3 Å². The summed E-state index contributed by atoms with van der Waals surface area (Å²) >= 11 is 0. The van der Waals surface area contributed by atoms with E-state index in [9.17, 15) is 14.4 Å². The molecule has 2 aromatic heterocycles. The van der Waals surface area contributed by atoms with Crippen LogP contribution in [0.3, 0.4) is 0 Å². The number of carbonyl (C=O) groups excluding carboxylic acids is 3. The number of ketones is 1. The van der Waals surface area contributed by atoms with Crippen LogP contribution in [-0.2, 0) is 11.3 Å². The van der Waals surface area contributed by atoms with Crippen molar-refractivity contribution in [1.29, 1.82) is 0 Å². The molecule has 1 aliphatic carbocycles. The minimum atomic E-state index is -0.894. The maximum absolute atomic E-state index is 13.3. The zero-order valence-corrected chi connectivity index (χ0v) is 18.9. The van der Waals surface area contributed by atoms with Crippen LogP contribution in [0.5, 0.6) is 0 Å². The first-order valence-electron chi connectivity index (χ1n) is 10.9. The number of hydrogen-bond acceptors (Lipinski definition) is 4. The topological polar surface area (TPSA) is 84.5 Å². The monoisotopic (exact) mass is 425 g/mol. The van der Waals surface area contributed by atoms with E-state index in [4.69, 9.17) is 4.42 Å². The second kappa shape index (κ2) is 7.39. The summed E-state index contributed by atoms with van der Waals surface area (Å²) in [6.07, 6.45) is 3.84. The summed E-state index contributed by atoms with van der Waals surface area (Å²) in [5.74, 6) is 0.618. The van der Waals surface area contributed by atoms with Crippen LogP contribution in [0.25, 0.3) is 0 Å². The standard InChI is InChI=1S/C24H31N3O4/c1-15-10-23(4,5)14-24(11-15)21(29)27(22(30)25-24)13-20(28)19-9-16(2)26(17(19)3)12-18-7-6-8-31-18/h6-9,15H,10-14H2,1-5H3,(H,25,30)/t15-,24-/m0/s1. The number of amides is 3. The molecule has 7 nitrogen and oxygen atoms in total. The molecule has 1 saturated heterocycles. The maximum Gasteiger partial charge on any atom is 0.325 e. The molecule has 3 heterocycles. The summed E-state index contributed by atoms with van der Waals surface area (Å²) in [7, 11) is 0. The van der Waals surface area contributed by atoms with E-state index in [1.165, 1.54) is 0 Å². The summed E-state index contributed by atoms with van der Waals surface area (Å²) in [4.78, 5) is 40.3. The molecule has 1 spiro atoms. The quantitative estimate of drug-likeness (QED) is 0.578. The molecule has 2 aliphatic rings. The molecule has 2 atom stereocenters. The summed E-state index contributed by atoms with van der Waals surface area (Å²) < 4.78 is 7.44. The fourth-order valence-corrected chi connectivity index (χ4v) is 5.76. The molecule has 1 aliphatic heterocycles. The van der Waals surface area contributed by atoms with Gasteiger partial charge in [-0.2, -0.15) is 0 Å². The molecule has 2 aromatic rings. The largest absolute Gasteiger partial charge is 0.467 e. The van der Waals surface area contributed by atoms with E-state index in [1.807, 2.05) is 36.6 Å². The number of urea groups is 1. The van der Waals surface area contributed by atoms with Crippen LogP contribution in [0, 0.1) is 25.2 Å². The first kappa shape index (κ1) is 21.4. The van der Waals surface area contributed by atoms with Gasteiger partial charge in [0, 0.05) is 17.0 Å². The molecular formula is C24H31N3O4. The smallest absolute Gasteiger partial charge is 0.325 e. The fourth-order valence-electron chi connectivity index (χ4n) is 5.76. The van der Waals surface area contributed by atoms with Crippen molar-refractivity contribution in [1.82, 2.24) is 14.8 Å². The van der Waals surface area contributed by atoms with Gasteiger partial charge in [-0.15, -0.1) is 0 Å². The van der Waals surface area contributed by atoms with Crippen molar-refractivity contribution in [2.75, 3.05) is 6.54 Å². The Morgan fingerprint density at radius 3 is 2.65 bits per heavy atom. The Morgan fingerprint density at radius 2 is 2.00 bits per heavy atom. The Kier molecular flexibility index (Phi) is 5.10. The molecule has 0 radical (unpaired) electrons. The third-order valence-electron chi connectivity index (χ3n) is 6.69. The lowest BCUT2D eigenvalue weighted by Crippen LogP contribution is -2.54. The van der Waals surface area contributed by atoms with Gasteiger partial charge in [0.15, 0.2) is 5.78 Å². The van der Waals surface area contributed by atoms with Gasteiger partial charge in [-0.25, -0.2) is 4.79 Å². The lowest BCUT2D eigenvalue weighted by atomic mass is 9.64. The van der Waals surface area contributed by atoms with Crippen molar-refractivity contribution >= 4 is 17.7 Å². The Hall–Kier alpha value is -2.83. The number of carbonyl (C=O) groups is 3. The summed E-state index contributed by atoms with van der Waals surface area (Å²) in [6.45, 7) is 10.5. The number of rotatable bonds is 5. The number of furan rings is 1. The number of nitrogens with zero attached hydrogens (tertiary/aromatic N) is 2. The summed E-state index contributed by atoms with van der Waals surface area (Å²) in [6, 6.07) is 5.07. The van der Waals surface area contributed by atoms with E-state index in [0.717, 1.165) is 28.5 Å². The van der Waals surface area contributed by atoms with Crippen LogP contribution in [0.15, 0.2) is 28.9 Å². The number of aromatic nitrogens is 1. The first-order valence-corrected chi connectivity index (χ1v) is 10.9. The number of Topliss-reactive ketones (excluding diaryl/α,β-unsaturated/α-hetero) is 1. The van der Waals surface area contributed by atoms with E-state index < -0.39 is 11.6 Å². The van der Waals surface area contributed by atoms with Gasteiger partial charge in [0.05, 0.1) is 19.4 Å². The number of imide groups is 1. The molecule has 31 heavy (non-hydrogen) atoms. The molecule has 2 fully saturated rings. The normalized spacial score (nSPS) is 25.3. The number of nitrogens with one attached hydrogen (secondary N) is 1. The van der Waals surface area contributed by atoms with E-state index in [2.05, 4.69) is 26.1 Å². The second-order valence-electron chi connectivity index (χ2n) is 10.1. The molecular weight excluding hydrogens is 394 g/mol. The predicted molar refractivity (Wildman–Crippen MR) is 116 cm³/mol. The summed E-state index contributed by atoms with van der Waals surface area (Å²) in [5.41, 5.74) is 1.32. The fraction of sp³-hybridized carbons (Fsp3) is 0.542. The molecule has 0 bridgehead atoms. The van der Waals surface area contributed by atoms with E-state index in [0.29, 0.717) is 30.9 Å². The van der Waals surface area contributed by atoms with Crippen molar-refractivity contribution in [3.63, 3.8) is 0 Å². The SMILES string of the molecule is Cc1cc(C(=O)CN2C(=O)N[C@]3(C[C@@H](C)CC(C)(C)C3)C2=O)c(C)n1Cc1ccco1.